The van der Waals surface area contributed by atoms with Crippen LogP contribution in [0.4, 0.5) is 5.88 Å². The van der Waals surface area contributed by atoms with E-state index < -0.39 is 5.91 Å². The standard InChI is InChI=1S/C26H19N3O3/c27-16-21-23(18-10-4-1-5-11-18)24(19-12-6-2-7-13-19)32-26(21)29-22(30)17-28-25(31)20-14-8-3-9-15-20/h1-15H,17H2,(H,28,31)(H,29,30). The lowest BCUT2D eigenvalue weighted by Gasteiger charge is -2.05. The number of rotatable bonds is 6. The molecule has 4 aromatic rings. The van der Waals surface area contributed by atoms with Gasteiger partial charge in [-0.25, -0.2) is 0 Å². The molecule has 2 amide bonds. The first-order chi connectivity index (χ1) is 15.7. The topological polar surface area (TPSA) is 95.1 Å². The summed E-state index contributed by atoms with van der Waals surface area (Å²) in [6, 6.07) is 29.5. The Balaban J connectivity index is 1.61. The Bertz CT molecular complexity index is 1270. The highest BCUT2D eigenvalue weighted by Gasteiger charge is 2.24. The average Bonchev–Trinajstić information content (AvgIpc) is 3.22. The van der Waals surface area contributed by atoms with Crippen LogP contribution in [-0.4, -0.2) is 18.4 Å². The molecule has 0 saturated carbocycles. The molecule has 0 spiro atoms. The molecule has 156 valence electrons. The Kier molecular flexibility index (Phi) is 6.10. The van der Waals surface area contributed by atoms with Crippen molar-refractivity contribution in [3.05, 3.63) is 102 Å². The van der Waals surface area contributed by atoms with Gasteiger partial charge >= 0.3 is 0 Å². The SMILES string of the molecule is N#Cc1c(NC(=O)CNC(=O)c2ccccc2)oc(-c2ccccc2)c1-c1ccccc1. The zero-order valence-electron chi connectivity index (χ0n) is 17.0. The molecule has 0 aliphatic carbocycles. The Morgan fingerprint density at radius 3 is 1.97 bits per heavy atom. The van der Waals surface area contributed by atoms with Crippen LogP contribution in [0.3, 0.4) is 0 Å². The van der Waals surface area contributed by atoms with E-state index in [0.717, 1.165) is 11.1 Å². The molecular weight excluding hydrogens is 402 g/mol. The third-order valence-corrected chi connectivity index (χ3v) is 4.82. The number of benzene rings is 3. The quantitative estimate of drug-likeness (QED) is 0.465. The van der Waals surface area contributed by atoms with Gasteiger partial charge in [-0.15, -0.1) is 0 Å². The number of hydrogen-bond acceptors (Lipinski definition) is 4. The molecule has 0 fully saturated rings. The molecule has 6 nitrogen and oxygen atoms in total. The summed E-state index contributed by atoms with van der Waals surface area (Å²) in [4.78, 5) is 24.7. The fourth-order valence-corrected chi connectivity index (χ4v) is 3.32. The number of nitrogens with one attached hydrogen (secondary N) is 2. The molecule has 2 N–H and O–H groups in total. The van der Waals surface area contributed by atoms with Crippen molar-refractivity contribution in [1.29, 1.82) is 5.26 Å². The summed E-state index contributed by atoms with van der Waals surface area (Å²) in [7, 11) is 0. The Morgan fingerprint density at radius 1 is 0.812 bits per heavy atom. The molecule has 0 unspecified atom stereocenters. The van der Waals surface area contributed by atoms with Crippen LogP contribution in [0.15, 0.2) is 95.4 Å². The number of hydrogen-bond donors (Lipinski definition) is 2. The molecule has 0 atom stereocenters. The Hall–Kier alpha value is -4.63. The molecule has 0 saturated heterocycles. The molecule has 3 aromatic carbocycles. The number of amides is 2. The summed E-state index contributed by atoms with van der Waals surface area (Å²) in [6.45, 7) is -0.263. The molecule has 0 radical (unpaired) electrons. The minimum absolute atomic E-state index is 0.0455. The van der Waals surface area contributed by atoms with Crippen LogP contribution in [0, 0.1) is 11.3 Å². The summed E-state index contributed by atoms with van der Waals surface area (Å²) in [5, 5.41) is 15.1. The molecular formula is C26H19N3O3. The lowest BCUT2D eigenvalue weighted by Crippen LogP contribution is -2.32. The molecule has 0 bridgehead atoms. The lowest BCUT2D eigenvalue weighted by molar-refractivity contribution is -0.115. The third kappa shape index (κ3) is 4.42. The summed E-state index contributed by atoms with van der Waals surface area (Å²) in [5.41, 5.74) is 2.85. The zero-order chi connectivity index (χ0) is 22.3. The van der Waals surface area contributed by atoms with Gasteiger partial charge in [-0.3, -0.25) is 14.9 Å². The van der Waals surface area contributed by atoms with Crippen molar-refractivity contribution in [3.63, 3.8) is 0 Å². The fourth-order valence-electron chi connectivity index (χ4n) is 3.32. The maximum Gasteiger partial charge on any atom is 0.251 e. The van der Waals surface area contributed by atoms with Crippen molar-refractivity contribution in [2.45, 2.75) is 0 Å². The van der Waals surface area contributed by atoms with E-state index in [1.807, 2.05) is 60.7 Å². The summed E-state index contributed by atoms with van der Waals surface area (Å²) >= 11 is 0. The predicted molar refractivity (Wildman–Crippen MR) is 122 cm³/mol. The number of nitriles is 1. The van der Waals surface area contributed by atoms with Crippen molar-refractivity contribution in [2.75, 3.05) is 11.9 Å². The molecule has 1 aromatic heterocycles. The maximum absolute atomic E-state index is 12.5. The van der Waals surface area contributed by atoms with Crippen molar-refractivity contribution >= 4 is 17.7 Å². The smallest absolute Gasteiger partial charge is 0.251 e. The van der Waals surface area contributed by atoms with Gasteiger partial charge in [-0.2, -0.15) is 5.26 Å². The first-order valence-electron chi connectivity index (χ1n) is 9.98. The second-order valence-corrected chi connectivity index (χ2v) is 6.95. The van der Waals surface area contributed by atoms with Crippen LogP contribution in [0.5, 0.6) is 0 Å². The molecule has 4 rings (SSSR count). The van der Waals surface area contributed by atoms with Gasteiger partial charge in [-0.05, 0) is 17.7 Å². The van der Waals surface area contributed by atoms with E-state index in [1.165, 1.54) is 0 Å². The first-order valence-corrected chi connectivity index (χ1v) is 9.98. The van der Waals surface area contributed by atoms with E-state index in [4.69, 9.17) is 4.42 Å². The highest BCUT2D eigenvalue weighted by Crippen LogP contribution is 2.41. The number of anilines is 1. The number of furan rings is 1. The van der Waals surface area contributed by atoms with Gasteiger partial charge in [0, 0.05) is 16.7 Å². The van der Waals surface area contributed by atoms with E-state index in [-0.39, 0.29) is 23.9 Å². The number of carbonyl (C=O) groups is 2. The second kappa shape index (κ2) is 9.45. The van der Waals surface area contributed by atoms with Gasteiger partial charge < -0.3 is 9.73 Å². The average molecular weight is 421 g/mol. The minimum Gasteiger partial charge on any atom is -0.438 e. The van der Waals surface area contributed by atoms with Gasteiger partial charge in [-0.1, -0.05) is 78.9 Å². The third-order valence-electron chi connectivity index (χ3n) is 4.82. The molecule has 6 heteroatoms. The van der Waals surface area contributed by atoms with Gasteiger partial charge in [0.15, 0.2) is 0 Å². The summed E-state index contributed by atoms with van der Waals surface area (Å²) in [6.07, 6.45) is 0. The van der Waals surface area contributed by atoms with Crippen LogP contribution in [0.2, 0.25) is 0 Å². The van der Waals surface area contributed by atoms with Crippen LogP contribution < -0.4 is 10.6 Å². The van der Waals surface area contributed by atoms with Gasteiger partial charge in [0.2, 0.25) is 11.8 Å². The Labute approximate surface area is 185 Å². The van der Waals surface area contributed by atoms with Crippen molar-refractivity contribution < 1.29 is 14.0 Å². The van der Waals surface area contributed by atoms with Crippen molar-refractivity contribution in [2.24, 2.45) is 0 Å². The lowest BCUT2D eigenvalue weighted by atomic mass is 9.98. The first kappa shape index (κ1) is 20.6. The number of nitrogens with zero attached hydrogens (tertiary/aromatic N) is 1. The van der Waals surface area contributed by atoms with Crippen LogP contribution in [0.25, 0.3) is 22.5 Å². The monoisotopic (exact) mass is 421 g/mol. The van der Waals surface area contributed by atoms with Gasteiger partial charge in [0.1, 0.15) is 17.4 Å². The van der Waals surface area contributed by atoms with E-state index in [1.54, 1.807) is 30.3 Å². The molecule has 0 aliphatic heterocycles. The predicted octanol–water partition coefficient (Wildman–Crippen LogP) is 4.85. The highest BCUT2D eigenvalue weighted by atomic mass is 16.4. The van der Waals surface area contributed by atoms with Crippen LogP contribution >= 0.6 is 0 Å². The van der Waals surface area contributed by atoms with Crippen LogP contribution in [-0.2, 0) is 4.79 Å². The normalized spacial score (nSPS) is 10.2. The Morgan fingerprint density at radius 2 is 1.38 bits per heavy atom. The zero-order valence-corrected chi connectivity index (χ0v) is 17.0. The highest BCUT2D eigenvalue weighted by molar-refractivity contribution is 6.00. The van der Waals surface area contributed by atoms with E-state index >= 15 is 0 Å². The van der Waals surface area contributed by atoms with Crippen LogP contribution in [0.1, 0.15) is 15.9 Å². The van der Waals surface area contributed by atoms with E-state index in [9.17, 15) is 14.9 Å². The largest absolute Gasteiger partial charge is 0.438 e. The minimum atomic E-state index is -0.501. The summed E-state index contributed by atoms with van der Waals surface area (Å²) < 4.78 is 5.97. The summed E-state index contributed by atoms with van der Waals surface area (Å²) in [5.74, 6) is -0.337. The van der Waals surface area contributed by atoms with Crippen molar-refractivity contribution in [1.82, 2.24) is 5.32 Å². The van der Waals surface area contributed by atoms with Gasteiger partial charge in [0.05, 0.1) is 6.54 Å². The fraction of sp³-hybridized carbons (Fsp3) is 0.0385. The van der Waals surface area contributed by atoms with Gasteiger partial charge in [0.25, 0.3) is 5.91 Å². The molecule has 32 heavy (non-hydrogen) atoms. The number of carbonyl (C=O) groups excluding carboxylic acids is 2. The van der Waals surface area contributed by atoms with Crippen molar-refractivity contribution in [3.8, 4) is 28.5 Å². The second-order valence-electron chi connectivity index (χ2n) is 6.95. The van der Waals surface area contributed by atoms with E-state index in [0.29, 0.717) is 16.9 Å². The van der Waals surface area contributed by atoms with E-state index in [2.05, 4.69) is 16.7 Å². The maximum atomic E-state index is 12.5. The molecule has 0 aliphatic rings. The molecule has 1 heterocycles.